The Morgan fingerprint density at radius 3 is 2.70 bits per heavy atom. The van der Waals surface area contributed by atoms with Gasteiger partial charge in [-0.15, -0.1) is 0 Å². The SMILES string of the molecule is O=C(O)c1cnc2c(c1)C(c1ccc(F)cc1)=CCC2. The third-order valence-corrected chi connectivity index (χ3v) is 3.39. The highest BCUT2D eigenvalue weighted by Gasteiger charge is 2.17. The number of pyridine rings is 1. The molecule has 1 aliphatic carbocycles. The zero-order valence-electron chi connectivity index (χ0n) is 10.6. The lowest BCUT2D eigenvalue weighted by Crippen LogP contribution is -2.07. The second-order valence-corrected chi connectivity index (χ2v) is 4.69. The molecule has 0 fully saturated rings. The highest BCUT2D eigenvalue weighted by molar-refractivity contribution is 5.90. The summed E-state index contributed by atoms with van der Waals surface area (Å²) in [6.45, 7) is 0. The molecule has 3 rings (SSSR count). The lowest BCUT2D eigenvalue weighted by atomic mass is 9.89. The number of carboxylic acids is 1. The van der Waals surface area contributed by atoms with Gasteiger partial charge in [-0.25, -0.2) is 9.18 Å². The van der Waals surface area contributed by atoms with E-state index in [-0.39, 0.29) is 11.4 Å². The summed E-state index contributed by atoms with van der Waals surface area (Å²) in [5, 5.41) is 9.07. The van der Waals surface area contributed by atoms with E-state index in [4.69, 9.17) is 5.11 Å². The summed E-state index contributed by atoms with van der Waals surface area (Å²) in [7, 11) is 0. The maximum Gasteiger partial charge on any atom is 0.337 e. The molecule has 0 spiro atoms. The van der Waals surface area contributed by atoms with Crippen LogP contribution in [0.3, 0.4) is 0 Å². The number of benzene rings is 1. The molecule has 1 heterocycles. The lowest BCUT2D eigenvalue weighted by Gasteiger charge is -2.17. The van der Waals surface area contributed by atoms with Crippen LogP contribution >= 0.6 is 0 Å². The number of nitrogens with zero attached hydrogens (tertiary/aromatic N) is 1. The fourth-order valence-corrected chi connectivity index (χ4v) is 2.41. The summed E-state index contributed by atoms with van der Waals surface area (Å²) in [5.74, 6) is -1.29. The first-order valence-corrected chi connectivity index (χ1v) is 6.34. The van der Waals surface area contributed by atoms with Crippen molar-refractivity contribution >= 4 is 11.5 Å². The van der Waals surface area contributed by atoms with Gasteiger partial charge >= 0.3 is 5.97 Å². The molecule has 0 unspecified atom stereocenters. The summed E-state index contributed by atoms with van der Waals surface area (Å²) in [6.07, 6.45) is 5.07. The highest BCUT2D eigenvalue weighted by Crippen LogP contribution is 2.31. The average Bonchev–Trinajstić information content (AvgIpc) is 2.47. The number of carbonyl (C=O) groups is 1. The number of allylic oxidation sites excluding steroid dienone is 1. The first-order chi connectivity index (χ1) is 9.65. The molecule has 2 aromatic rings. The standard InChI is InChI=1S/C16H12FNO2/c17-12-6-4-10(5-7-12)13-2-1-3-15-14(13)8-11(9-18-15)16(19)20/h2,4-9H,1,3H2,(H,19,20). The monoisotopic (exact) mass is 269 g/mol. The third kappa shape index (κ3) is 2.20. The molecule has 1 N–H and O–H groups in total. The number of hydrogen-bond acceptors (Lipinski definition) is 2. The maximum atomic E-state index is 13.0. The number of halogens is 1. The van der Waals surface area contributed by atoms with Crippen LogP contribution in [0.15, 0.2) is 42.6 Å². The smallest absolute Gasteiger partial charge is 0.337 e. The topological polar surface area (TPSA) is 50.2 Å². The van der Waals surface area contributed by atoms with Crippen LogP contribution in [0.25, 0.3) is 5.57 Å². The normalized spacial score (nSPS) is 13.6. The number of aromatic carboxylic acids is 1. The first kappa shape index (κ1) is 12.5. The summed E-state index contributed by atoms with van der Waals surface area (Å²) in [4.78, 5) is 15.3. The molecule has 0 radical (unpaired) electrons. The van der Waals surface area contributed by atoms with Crippen LogP contribution in [0.5, 0.6) is 0 Å². The van der Waals surface area contributed by atoms with E-state index >= 15 is 0 Å². The molecule has 1 aromatic carbocycles. The van der Waals surface area contributed by atoms with Crippen LogP contribution in [0.2, 0.25) is 0 Å². The van der Waals surface area contributed by atoms with Crippen molar-refractivity contribution in [2.24, 2.45) is 0 Å². The van der Waals surface area contributed by atoms with Gasteiger partial charge in [-0.2, -0.15) is 0 Å². The molecule has 4 heteroatoms. The van der Waals surface area contributed by atoms with Crippen molar-refractivity contribution in [1.29, 1.82) is 0 Å². The predicted octanol–water partition coefficient (Wildman–Crippen LogP) is 3.30. The van der Waals surface area contributed by atoms with E-state index in [0.29, 0.717) is 0 Å². The second-order valence-electron chi connectivity index (χ2n) is 4.69. The van der Waals surface area contributed by atoms with Gasteiger partial charge in [0, 0.05) is 17.5 Å². The Kier molecular flexibility index (Phi) is 3.06. The highest BCUT2D eigenvalue weighted by atomic mass is 19.1. The molecular weight excluding hydrogens is 257 g/mol. The van der Waals surface area contributed by atoms with E-state index in [9.17, 15) is 9.18 Å². The maximum absolute atomic E-state index is 13.0. The molecule has 1 aliphatic rings. The average molecular weight is 269 g/mol. The Labute approximate surface area is 115 Å². The summed E-state index contributed by atoms with van der Waals surface area (Å²) in [5.41, 5.74) is 3.66. The van der Waals surface area contributed by atoms with Crippen LogP contribution in [-0.4, -0.2) is 16.1 Å². The van der Waals surface area contributed by atoms with E-state index in [1.54, 1.807) is 18.2 Å². The zero-order chi connectivity index (χ0) is 14.1. The van der Waals surface area contributed by atoms with Gasteiger partial charge in [0.05, 0.1) is 5.56 Å². The Hall–Kier alpha value is -2.49. The number of rotatable bonds is 2. The van der Waals surface area contributed by atoms with E-state index in [2.05, 4.69) is 4.98 Å². The number of aryl methyl sites for hydroxylation is 1. The van der Waals surface area contributed by atoms with Crippen LogP contribution in [0, 0.1) is 5.82 Å². The second kappa shape index (κ2) is 4.89. The van der Waals surface area contributed by atoms with Crippen molar-refractivity contribution in [3.05, 3.63) is 70.8 Å². The van der Waals surface area contributed by atoms with Gasteiger partial charge in [0.15, 0.2) is 0 Å². The van der Waals surface area contributed by atoms with Gasteiger partial charge in [0.25, 0.3) is 0 Å². The lowest BCUT2D eigenvalue weighted by molar-refractivity contribution is 0.0696. The Balaban J connectivity index is 2.11. The van der Waals surface area contributed by atoms with Crippen molar-refractivity contribution in [1.82, 2.24) is 4.98 Å². The van der Waals surface area contributed by atoms with Crippen molar-refractivity contribution in [2.75, 3.05) is 0 Å². The van der Waals surface area contributed by atoms with Gasteiger partial charge in [-0.1, -0.05) is 18.2 Å². The third-order valence-electron chi connectivity index (χ3n) is 3.39. The predicted molar refractivity (Wildman–Crippen MR) is 73.0 cm³/mol. The van der Waals surface area contributed by atoms with Crippen molar-refractivity contribution in [2.45, 2.75) is 12.8 Å². The molecule has 0 amide bonds. The van der Waals surface area contributed by atoms with E-state index in [0.717, 1.165) is 35.2 Å². The van der Waals surface area contributed by atoms with E-state index in [1.165, 1.54) is 18.3 Å². The van der Waals surface area contributed by atoms with Gasteiger partial charge in [0.2, 0.25) is 0 Å². The fourth-order valence-electron chi connectivity index (χ4n) is 2.41. The molecule has 0 bridgehead atoms. The van der Waals surface area contributed by atoms with E-state index in [1.807, 2.05) is 6.08 Å². The van der Waals surface area contributed by atoms with Gasteiger partial charge in [-0.05, 0) is 42.2 Å². The first-order valence-electron chi connectivity index (χ1n) is 6.34. The van der Waals surface area contributed by atoms with Gasteiger partial charge in [-0.3, -0.25) is 4.98 Å². The van der Waals surface area contributed by atoms with Gasteiger partial charge < -0.3 is 5.11 Å². The number of aromatic nitrogens is 1. The molecule has 0 saturated carbocycles. The van der Waals surface area contributed by atoms with Crippen LogP contribution in [0.1, 0.15) is 33.6 Å². The van der Waals surface area contributed by atoms with Crippen LogP contribution in [-0.2, 0) is 6.42 Å². The zero-order valence-corrected chi connectivity index (χ0v) is 10.6. The minimum absolute atomic E-state index is 0.165. The Morgan fingerprint density at radius 1 is 1.25 bits per heavy atom. The minimum atomic E-state index is -0.996. The molecule has 100 valence electrons. The molecule has 0 aliphatic heterocycles. The molecule has 0 saturated heterocycles. The summed E-state index contributed by atoms with van der Waals surface area (Å²) < 4.78 is 13.0. The Morgan fingerprint density at radius 2 is 2.00 bits per heavy atom. The minimum Gasteiger partial charge on any atom is -0.478 e. The van der Waals surface area contributed by atoms with Crippen LogP contribution in [0.4, 0.5) is 4.39 Å². The van der Waals surface area contributed by atoms with E-state index < -0.39 is 5.97 Å². The van der Waals surface area contributed by atoms with Crippen molar-refractivity contribution in [3.63, 3.8) is 0 Å². The summed E-state index contributed by atoms with van der Waals surface area (Å²) >= 11 is 0. The Bertz CT molecular complexity index is 705. The number of fused-ring (bicyclic) bond motifs is 1. The molecule has 20 heavy (non-hydrogen) atoms. The molecule has 1 aromatic heterocycles. The fraction of sp³-hybridized carbons (Fsp3) is 0.125. The quantitative estimate of drug-likeness (QED) is 0.910. The number of carboxylic acid groups (broad SMARTS) is 1. The van der Waals surface area contributed by atoms with Crippen LogP contribution < -0.4 is 0 Å². The number of hydrogen-bond donors (Lipinski definition) is 1. The van der Waals surface area contributed by atoms with Gasteiger partial charge in [0.1, 0.15) is 5.82 Å². The largest absolute Gasteiger partial charge is 0.478 e. The molecule has 0 atom stereocenters. The van der Waals surface area contributed by atoms with Crippen molar-refractivity contribution < 1.29 is 14.3 Å². The molecule has 3 nitrogen and oxygen atoms in total. The summed E-state index contributed by atoms with van der Waals surface area (Å²) in [6, 6.07) is 7.84. The van der Waals surface area contributed by atoms with Crippen molar-refractivity contribution in [3.8, 4) is 0 Å². The molecular formula is C16H12FNO2.